The van der Waals surface area contributed by atoms with Gasteiger partial charge in [0.2, 0.25) is 0 Å². The molecule has 1 N–H and O–H groups in total. The van der Waals surface area contributed by atoms with Crippen LogP contribution >= 0.6 is 27.7 Å². The smallest absolute Gasteiger partial charge is 0.303 e. The number of halogens is 1. The number of carboxylic acid groups (broad SMARTS) is 1. The van der Waals surface area contributed by atoms with Gasteiger partial charge in [-0.2, -0.15) is 11.8 Å². The lowest BCUT2D eigenvalue weighted by atomic mass is 10.1. The van der Waals surface area contributed by atoms with Crippen molar-refractivity contribution < 1.29 is 9.90 Å². The van der Waals surface area contributed by atoms with Gasteiger partial charge in [0.15, 0.2) is 0 Å². The predicted octanol–water partition coefficient (Wildman–Crippen LogP) is 3.33. The number of thioether (sulfide) groups is 1. The van der Waals surface area contributed by atoms with Crippen molar-refractivity contribution in [2.24, 2.45) is 5.41 Å². The average Bonchev–Trinajstić information content (AvgIpc) is 3.00. The summed E-state index contributed by atoms with van der Waals surface area (Å²) in [7, 11) is 0. The third-order valence-corrected chi connectivity index (χ3v) is 4.72. The van der Waals surface area contributed by atoms with Crippen molar-refractivity contribution in [3.8, 4) is 0 Å². The van der Waals surface area contributed by atoms with E-state index >= 15 is 0 Å². The predicted molar refractivity (Wildman–Crippen MR) is 72.0 cm³/mol. The van der Waals surface area contributed by atoms with Gasteiger partial charge in [-0.25, -0.2) is 0 Å². The number of hydrogen-bond donors (Lipinski definition) is 1. The first-order valence-electron chi connectivity index (χ1n) is 5.50. The van der Waals surface area contributed by atoms with Crippen LogP contribution in [0.3, 0.4) is 0 Å². The van der Waals surface area contributed by atoms with Crippen LogP contribution in [0.25, 0.3) is 0 Å². The summed E-state index contributed by atoms with van der Waals surface area (Å²) in [6.07, 6.45) is 4.22. The van der Waals surface area contributed by atoms with Gasteiger partial charge in [-0.3, -0.25) is 9.78 Å². The molecule has 17 heavy (non-hydrogen) atoms. The molecule has 2 rings (SSSR count). The Labute approximate surface area is 113 Å². The van der Waals surface area contributed by atoms with Crippen LogP contribution in [0, 0.1) is 5.41 Å². The van der Waals surface area contributed by atoms with Gasteiger partial charge in [-0.15, -0.1) is 0 Å². The summed E-state index contributed by atoms with van der Waals surface area (Å²) in [4.78, 5) is 15.0. The minimum Gasteiger partial charge on any atom is -0.481 e. The molecule has 0 bridgehead atoms. The van der Waals surface area contributed by atoms with Crippen LogP contribution in [0.4, 0.5) is 0 Å². The van der Waals surface area contributed by atoms with Crippen LogP contribution in [-0.2, 0) is 10.5 Å². The molecule has 5 heteroatoms. The summed E-state index contributed by atoms with van der Waals surface area (Å²) >= 11 is 5.13. The van der Waals surface area contributed by atoms with Gasteiger partial charge >= 0.3 is 5.97 Å². The lowest BCUT2D eigenvalue weighted by molar-refractivity contribution is -0.138. The van der Waals surface area contributed by atoms with E-state index in [9.17, 15) is 4.79 Å². The molecule has 0 atom stereocenters. The molecule has 3 nitrogen and oxygen atoms in total. The summed E-state index contributed by atoms with van der Waals surface area (Å²) in [6.45, 7) is 0. The number of aliphatic carboxylic acids is 1. The van der Waals surface area contributed by atoms with Crippen molar-refractivity contribution in [2.45, 2.75) is 25.0 Å². The number of carboxylic acids is 1. The van der Waals surface area contributed by atoms with Crippen molar-refractivity contribution in [1.82, 2.24) is 4.98 Å². The third-order valence-electron chi connectivity index (χ3n) is 2.93. The zero-order valence-electron chi connectivity index (χ0n) is 9.36. The summed E-state index contributed by atoms with van der Waals surface area (Å²) in [5, 5.41) is 8.81. The monoisotopic (exact) mass is 315 g/mol. The largest absolute Gasteiger partial charge is 0.481 e. The molecule has 1 aromatic rings. The molecule has 92 valence electrons. The second kappa shape index (κ2) is 5.40. The SMILES string of the molecule is O=C(O)CC1(CSCc2ccc(Br)cn2)CC1. The van der Waals surface area contributed by atoms with Crippen LogP contribution in [-0.4, -0.2) is 21.8 Å². The lowest BCUT2D eigenvalue weighted by Gasteiger charge is -2.11. The maximum absolute atomic E-state index is 10.7. The van der Waals surface area contributed by atoms with Crippen molar-refractivity contribution in [1.29, 1.82) is 0 Å². The average molecular weight is 316 g/mol. The third kappa shape index (κ3) is 4.00. The van der Waals surface area contributed by atoms with Gasteiger partial charge < -0.3 is 5.11 Å². The first-order chi connectivity index (χ1) is 8.10. The normalized spacial score (nSPS) is 16.8. The minimum absolute atomic E-state index is 0.0753. The van der Waals surface area contributed by atoms with E-state index in [1.54, 1.807) is 18.0 Å². The Hall–Kier alpha value is -0.550. The fourth-order valence-corrected chi connectivity index (χ4v) is 3.27. The second-order valence-corrected chi connectivity index (χ2v) is 6.43. The first kappa shape index (κ1) is 12.9. The Kier molecular flexibility index (Phi) is 4.09. The van der Waals surface area contributed by atoms with Crippen molar-refractivity contribution in [2.75, 3.05) is 5.75 Å². The summed E-state index contributed by atoms with van der Waals surface area (Å²) in [5.74, 6) is 1.11. The lowest BCUT2D eigenvalue weighted by Crippen LogP contribution is -2.11. The highest BCUT2D eigenvalue weighted by molar-refractivity contribution is 9.10. The van der Waals surface area contributed by atoms with E-state index in [0.717, 1.165) is 34.5 Å². The molecule has 1 heterocycles. The quantitative estimate of drug-likeness (QED) is 0.874. The molecular weight excluding hydrogens is 302 g/mol. The number of carbonyl (C=O) groups is 1. The molecule has 0 aromatic carbocycles. The molecule has 1 fully saturated rings. The van der Waals surface area contributed by atoms with Crippen LogP contribution in [0.5, 0.6) is 0 Å². The standard InChI is InChI=1S/C12H14BrNO2S/c13-9-1-2-10(14-6-9)7-17-8-12(3-4-12)5-11(15)16/h1-2,6H,3-5,7-8H2,(H,15,16). The van der Waals surface area contributed by atoms with E-state index in [0.29, 0.717) is 6.42 Å². The molecule has 1 aliphatic rings. The van der Waals surface area contributed by atoms with Crippen molar-refractivity contribution >= 4 is 33.7 Å². The van der Waals surface area contributed by atoms with E-state index in [-0.39, 0.29) is 5.41 Å². The summed E-state index contributed by atoms with van der Waals surface area (Å²) in [6, 6.07) is 3.97. The molecule has 0 amide bonds. The fourth-order valence-electron chi connectivity index (χ4n) is 1.73. The van der Waals surface area contributed by atoms with Crippen LogP contribution < -0.4 is 0 Å². The van der Waals surface area contributed by atoms with Crippen molar-refractivity contribution in [3.63, 3.8) is 0 Å². The maximum Gasteiger partial charge on any atom is 0.303 e. The van der Waals surface area contributed by atoms with Gasteiger partial charge in [0, 0.05) is 16.4 Å². The Bertz CT molecular complexity index is 403. The molecule has 1 aromatic heterocycles. The Morgan fingerprint density at radius 1 is 1.53 bits per heavy atom. The van der Waals surface area contributed by atoms with Crippen LogP contribution in [0.2, 0.25) is 0 Å². The number of hydrogen-bond acceptors (Lipinski definition) is 3. The van der Waals surface area contributed by atoms with E-state index in [4.69, 9.17) is 5.11 Å². The molecule has 1 aliphatic carbocycles. The van der Waals surface area contributed by atoms with Gasteiger partial charge in [0.1, 0.15) is 0 Å². The molecule has 0 aliphatic heterocycles. The van der Waals surface area contributed by atoms with Gasteiger partial charge in [-0.05, 0) is 52.1 Å². The summed E-state index contributed by atoms with van der Waals surface area (Å²) in [5.41, 5.74) is 1.12. The topological polar surface area (TPSA) is 50.2 Å². The number of pyridine rings is 1. The zero-order chi connectivity index (χ0) is 12.3. The second-order valence-electron chi connectivity index (χ2n) is 4.53. The minimum atomic E-state index is -0.676. The molecule has 0 unspecified atom stereocenters. The zero-order valence-corrected chi connectivity index (χ0v) is 11.8. The van der Waals surface area contributed by atoms with E-state index < -0.39 is 5.97 Å². The highest BCUT2D eigenvalue weighted by atomic mass is 79.9. The Morgan fingerprint density at radius 3 is 2.82 bits per heavy atom. The number of aromatic nitrogens is 1. The van der Waals surface area contributed by atoms with E-state index in [1.807, 2.05) is 12.1 Å². The molecule has 0 saturated heterocycles. The van der Waals surface area contributed by atoms with Gasteiger partial charge in [0.05, 0.1) is 12.1 Å². The molecule has 1 saturated carbocycles. The first-order valence-corrected chi connectivity index (χ1v) is 7.44. The number of nitrogens with zero attached hydrogens (tertiary/aromatic N) is 1. The molecular formula is C12H14BrNO2S. The highest BCUT2D eigenvalue weighted by Gasteiger charge is 2.43. The van der Waals surface area contributed by atoms with E-state index in [1.165, 1.54) is 0 Å². The Morgan fingerprint density at radius 2 is 2.29 bits per heavy atom. The van der Waals surface area contributed by atoms with Crippen molar-refractivity contribution in [3.05, 3.63) is 28.5 Å². The van der Waals surface area contributed by atoms with Crippen LogP contribution in [0.1, 0.15) is 25.0 Å². The fraction of sp³-hybridized carbons (Fsp3) is 0.500. The highest BCUT2D eigenvalue weighted by Crippen LogP contribution is 2.51. The Balaban J connectivity index is 1.76. The van der Waals surface area contributed by atoms with Gasteiger partial charge in [-0.1, -0.05) is 0 Å². The molecule has 0 spiro atoms. The van der Waals surface area contributed by atoms with E-state index in [2.05, 4.69) is 20.9 Å². The molecule has 0 radical (unpaired) electrons. The van der Waals surface area contributed by atoms with Gasteiger partial charge in [0.25, 0.3) is 0 Å². The number of rotatable bonds is 6. The summed E-state index contributed by atoms with van der Waals surface area (Å²) < 4.78 is 0.982. The van der Waals surface area contributed by atoms with Crippen LogP contribution in [0.15, 0.2) is 22.8 Å². The maximum atomic E-state index is 10.7.